The molecule has 0 aliphatic carbocycles. The smallest absolute Gasteiger partial charge is 0.265 e. The first kappa shape index (κ1) is 17.0. The Kier molecular flexibility index (Phi) is 4.03. The van der Waals surface area contributed by atoms with Gasteiger partial charge in [0.2, 0.25) is 0 Å². The van der Waals surface area contributed by atoms with Crippen LogP contribution >= 0.6 is 0 Å². The van der Waals surface area contributed by atoms with Gasteiger partial charge in [-0.05, 0) is 57.2 Å². The second kappa shape index (κ2) is 6.39. The number of aryl methyl sites for hydroxylation is 2. The Morgan fingerprint density at radius 1 is 1.15 bits per heavy atom. The van der Waals surface area contributed by atoms with Crippen molar-refractivity contribution in [1.29, 1.82) is 0 Å². The van der Waals surface area contributed by atoms with Gasteiger partial charge in [-0.2, -0.15) is 0 Å². The molecule has 136 valence electrons. The van der Waals surface area contributed by atoms with Crippen LogP contribution in [0.15, 0.2) is 42.5 Å². The van der Waals surface area contributed by atoms with Crippen molar-refractivity contribution in [3.05, 3.63) is 59.3 Å². The number of hydrogen-bond acceptors (Lipinski definition) is 4. The first-order chi connectivity index (χ1) is 12.9. The van der Waals surface area contributed by atoms with Crippen LogP contribution < -0.4 is 15.4 Å². The summed E-state index contributed by atoms with van der Waals surface area (Å²) in [4.78, 5) is 29.2. The van der Waals surface area contributed by atoms with Crippen molar-refractivity contribution in [2.45, 2.75) is 26.9 Å². The third-order valence-corrected chi connectivity index (χ3v) is 4.51. The molecule has 0 saturated carbocycles. The molecule has 1 aliphatic rings. The van der Waals surface area contributed by atoms with E-state index in [1.54, 1.807) is 31.2 Å². The van der Waals surface area contributed by atoms with Gasteiger partial charge in [0.05, 0.1) is 16.8 Å². The molecule has 1 atom stereocenters. The lowest BCUT2D eigenvalue weighted by molar-refractivity contribution is -0.122. The molecular weight excluding hydrogens is 342 g/mol. The zero-order valence-electron chi connectivity index (χ0n) is 15.3. The van der Waals surface area contributed by atoms with Crippen molar-refractivity contribution in [2.24, 2.45) is 0 Å². The third kappa shape index (κ3) is 3.21. The molecule has 0 bridgehead atoms. The normalized spacial score (nSPS) is 15.7. The Labute approximate surface area is 156 Å². The molecule has 0 saturated heterocycles. The largest absolute Gasteiger partial charge is 0.479 e. The molecule has 1 unspecified atom stereocenters. The van der Waals surface area contributed by atoms with Crippen molar-refractivity contribution >= 4 is 34.1 Å². The van der Waals surface area contributed by atoms with Crippen LogP contribution in [0.5, 0.6) is 5.75 Å². The minimum atomic E-state index is -0.535. The highest BCUT2D eigenvalue weighted by Gasteiger charge is 2.24. The van der Waals surface area contributed by atoms with Gasteiger partial charge < -0.3 is 15.4 Å². The summed E-state index contributed by atoms with van der Waals surface area (Å²) in [6.07, 6.45) is -0.535. The lowest BCUT2D eigenvalue weighted by Crippen LogP contribution is -2.34. The van der Waals surface area contributed by atoms with E-state index in [2.05, 4.69) is 15.6 Å². The van der Waals surface area contributed by atoms with Crippen molar-refractivity contribution in [3.8, 4) is 5.75 Å². The summed E-state index contributed by atoms with van der Waals surface area (Å²) in [6.45, 7) is 5.53. The summed E-state index contributed by atoms with van der Waals surface area (Å²) in [7, 11) is 0. The number of rotatable bonds is 2. The van der Waals surface area contributed by atoms with Gasteiger partial charge in [0, 0.05) is 16.8 Å². The SMILES string of the molecule is Cc1ccc2nc(C)cc(C(=O)Nc3ccc4c(c3)NC(=O)C(C)O4)c2c1. The molecule has 2 N–H and O–H groups in total. The number of anilines is 2. The summed E-state index contributed by atoms with van der Waals surface area (Å²) in [6, 6.07) is 12.8. The zero-order chi connectivity index (χ0) is 19.1. The molecule has 0 radical (unpaired) electrons. The zero-order valence-corrected chi connectivity index (χ0v) is 15.3. The number of fused-ring (bicyclic) bond motifs is 2. The molecule has 2 heterocycles. The van der Waals surface area contributed by atoms with Crippen LogP contribution in [-0.4, -0.2) is 22.9 Å². The van der Waals surface area contributed by atoms with Gasteiger partial charge in [0.25, 0.3) is 11.8 Å². The van der Waals surface area contributed by atoms with E-state index >= 15 is 0 Å². The van der Waals surface area contributed by atoms with Crippen LogP contribution in [0.4, 0.5) is 11.4 Å². The van der Waals surface area contributed by atoms with E-state index < -0.39 is 6.10 Å². The Morgan fingerprint density at radius 2 is 1.96 bits per heavy atom. The van der Waals surface area contributed by atoms with Gasteiger partial charge in [-0.25, -0.2) is 0 Å². The highest BCUT2D eigenvalue weighted by atomic mass is 16.5. The molecule has 0 fully saturated rings. The summed E-state index contributed by atoms with van der Waals surface area (Å²) in [5, 5.41) is 6.49. The van der Waals surface area contributed by atoms with E-state index in [1.165, 1.54) is 0 Å². The van der Waals surface area contributed by atoms with Crippen molar-refractivity contribution in [2.75, 3.05) is 10.6 Å². The molecule has 1 aromatic heterocycles. The highest BCUT2D eigenvalue weighted by molar-refractivity contribution is 6.13. The second-order valence-electron chi connectivity index (χ2n) is 6.75. The number of nitrogens with one attached hydrogen (secondary N) is 2. The Bertz CT molecular complexity index is 1090. The van der Waals surface area contributed by atoms with Gasteiger partial charge in [0.1, 0.15) is 5.75 Å². The number of hydrogen-bond donors (Lipinski definition) is 2. The van der Waals surface area contributed by atoms with Crippen LogP contribution in [0.25, 0.3) is 10.9 Å². The van der Waals surface area contributed by atoms with E-state index in [4.69, 9.17) is 4.74 Å². The average Bonchev–Trinajstić information content (AvgIpc) is 2.62. The lowest BCUT2D eigenvalue weighted by Gasteiger charge is -2.23. The monoisotopic (exact) mass is 361 g/mol. The van der Waals surface area contributed by atoms with Crippen LogP contribution in [0.1, 0.15) is 28.5 Å². The van der Waals surface area contributed by atoms with Crippen LogP contribution in [-0.2, 0) is 4.79 Å². The van der Waals surface area contributed by atoms with Gasteiger partial charge >= 0.3 is 0 Å². The number of ether oxygens (including phenoxy) is 1. The quantitative estimate of drug-likeness (QED) is 0.727. The fourth-order valence-corrected chi connectivity index (χ4v) is 3.14. The maximum atomic E-state index is 12.9. The van der Waals surface area contributed by atoms with Gasteiger partial charge in [0.15, 0.2) is 6.10 Å². The second-order valence-corrected chi connectivity index (χ2v) is 6.75. The summed E-state index contributed by atoms with van der Waals surface area (Å²) in [5.41, 5.74) is 4.30. The standard InChI is InChI=1S/C21H19N3O3/c1-11-4-6-17-15(8-11)16(9-12(2)22-17)21(26)23-14-5-7-19-18(10-14)24-20(25)13(3)27-19/h4-10,13H,1-3H3,(H,23,26)(H,24,25). The highest BCUT2D eigenvalue weighted by Crippen LogP contribution is 2.32. The number of pyridine rings is 1. The Morgan fingerprint density at radius 3 is 2.78 bits per heavy atom. The third-order valence-electron chi connectivity index (χ3n) is 4.51. The molecule has 6 nitrogen and oxygen atoms in total. The van der Waals surface area contributed by atoms with E-state index in [9.17, 15) is 9.59 Å². The topological polar surface area (TPSA) is 80.3 Å². The van der Waals surface area contributed by atoms with E-state index in [1.807, 2.05) is 32.0 Å². The maximum Gasteiger partial charge on any atom is 0.265 e. The summed E-state index contributed by atoms with van der Waals surface area (Å²) in [5.74, 6) is 0.144. The number of nitrogens with zero attached hydrogens (tertiary/aromatic N) is 1. The van der Waals surface area contributed by atoms with E-state index in [0.717, 1.165) is 22.2 Å². The number of amides is 2. The predicted octanol–water partition coefficient (Wildman–Crippen LogP) is 3.82. The number of aromatic nitrogens is 1. The molecule has 2 aromatic carbocycles. The van der Waals surface area contributed by atoms with E-state index in [0.29, 0.717) is 22.7 Å². The fraction of sp³-hybridized carbons (Fsp3) is 0.190. The Balaban J connectivity index is 1.67. The van der Waals surface area contributed by atoms with Crippen LogP contribution in [0.2, 0.25) is 0 Å². The maximum absolute atomic E-state index is 12.9. The van der Waals surface area contributed by atoms with Crippen molar-refractivity contribution < 1.29 is 14.3 Å². The molecule has 27 heavy (non-hydrogen) atoms. The fourth-order valence-electron chi connectivity index (χ4n) is 3.14. The molecule has 1 aliphatic heterocycles. The van der Waals surface area contributed by atoms with Gasteiger partial charge in [-0.3, -0.25) is 14.6 Å². The average molecular weight is 361 g/mol. The predicted molar refractivity (Wildman–Crippen MR) is 104 cm³/mol. The summed E-state index contributed by atoms with van der Waals surface area (Å²) < 4.78 is 5.54. The summed E-state index contributed by atoms with van der Waals surface area (Å²) >= 11 is 0. The van der Waals surface area contributed by atoms with Gasteiger partial charge in [-0.15, -0.1) is 0 Å². The number of carbonyl (C=O) groups is 2. The minimum absolute atomic E-state index is 0.211. The van der Waals surface area contributed by atoms with E-state index in [-0.39, 0.29) is 11.8 Å². The molecule has 3 aromatic rings. The van der Waals surface area contributed by atoms with Crippen LogP contribution in [0, 0.1) is 13.8 Å². The Hall–Kier alpha value is -3.41. The first-order valence-electron chi connectivity index (χ1n) is 8.71. The van der Waals surface area contributed by atoms with Gasteiger partial charge in [-0.1, -0.05) is 11.6 Å². The molecule has 4 rings (SSSR count). The molecular formula is C21H19N3O3. The number of benzene rings is 2. The molecule has 0 spiro atoms. The lowest BCUT2D eigenvalue weighted by atomic mass is 10.0. The minimum Gasteiger partial charge on any atom is -0.479 e. The van der Waals surface area contributed by atoms with Crippen LogP contribution in [0.3, 0.4) is 0 Å². The van der Waals surface area contributed by atoms with Crippen molar-refractivity contribution in [1.82, 2.24) is 4.98 Å². The molecule has 6 heteroatoms. The number of carbonyl (C=O) groups excluding carboxylic acids is 2. The first-order valence-corrected chi connectivity index (χ1v) is 8.71. The van der Waals surface area contributed by atoms with Crippen molar-refractivity contribution in [3.63, 3.8) is 0 Å². The molecule has 2 amide bonds.